The fraction of sp³-hybridized carbons (Fsp3) is 0.0909. The first-order valence-electron chi connectivity index (χ1n) is 25.2. The Balaban J connectivity index is 1.08. The van der Waals surface area contributed by atoms with Crippen molar-refractivity contribution < 1.29 is 4.74 Å². The summed E-state index contributed by atoms with van der Waals surface area (Å²) in [6.07, 6.45) is 4.20. The number of nitrogens with zero attached hydrogens (tertiary/aromatic N) is 5. The summed E-state index contributed by atoms with van der Waals surface area (Å²) >= 11 is 0. The van der Waals surface area contributed by atoms with Crippen LogP contribution in [0.3, 0.4) is 0 Å². The lowest BCUT2D eigenvalue weighted by Crippen LogP contribution is -2.35. The molecule has 2 heterocycles. The molecule has 0 fully saturated rings. The van der Waals surface area contributed by atoms with E-state index < -0.39 is 0 Å². The van der Waals surface area contributed by atoms with E-state index in [2.05, 4.69) is 267 Å². The molecule has 10 aromatic rings. The molecule has 6 heteroatoms. The van der Waals surface area contributed by atoms with Crippen molar-refractivity contribution in [2.75, 3.05) is 37.6 Å². The van der Waals surface area contributed by atoms with Crippen LogP contribution in [-0.4, -0.2) is 13.1 Å². The summed E-state index contributed by atoms with van der Waals surface area (Å²) in [6.45, 7) is 2.11. The molecule has 2 aliphatic heterocycles. The number of hydrogen-bond donors (Lipinski definition) is 0. The van der Waals surface area contributed by atoms with Gasteiger partial charge in [-0.1, -0.05) is 133 Å². The lowest BCUT2D eigenvalue weighted by atomic mass is 9.89. The molecule has 0 spiro atoms. The second-order valence-electron chi connectivity index (χ2n) is 18.4. The first-order chi connectivity index (χ1) is 35.7. The zero-order valence-corrected chi connectivity index (χ0v) is 40.2. The van der Waals surface area contributed by atoms with Gasteiger partial charge in [0, 0.05) is 81.5 Å². The molecule has 2 aliphatic rings. The van der Waals surface area contributed by atoms with E-state index in [1.807, 2.05) is 18.2 Å². The maximum atomic E-state index is 6.91. The van der Waals surface area contributed by atoms with Crippen molar-refractivity contribution in [3.8, 4) is 11.5 Å². The van der Waals surface area contributed by atoms with Gasteiger partial charge < -0.3 is 29.2 Å². The highest BCUT2D eigenvalue weighted by Gasteiger charge is 2.32. The van der Waals surface area contributed by atoms with E-state index >= 15 is 0 Å². The zero-order chi connectivity index (χ0) is 48.1. The van der Waals surface area contributed by atoms with Gasteiger partial charge >= 0.3 is 0 Å². The molecule has 6 nitrogen and oxygen atoms in total. The molecule has 12 rings (SSSR count). The van der Waals surface area contributed by atoms with E-state index in [-0.39, 0.29) is 0 Å². The second kappa shape index (κ2) is 20.2. The molecule has 0 N–H and O–H groups in total. The van der Waals surface area contributed by atoms with Gasteiger partial charge in [0.15, 0.2) is 0 Å². The monoisotopic (exact) mass is 933 g/mol. The molecular formula is C66H55N5O. The van der Waals surface area contributed by atoms with Gasteiger partial charge in [-0.05, 0) is 147 Å². The van der Waals surface area contributed by atoms with Crippen molar-refractivity contribution in [1.82, 2.24) is 0 Å². The van der Waals surface area contributed by atoms with E-state index in [1.54, 1.807) is 0 Å². The minimum atomic E-state index is 0.845. The van der Waals surface area contributed by atoms with Crippen molar-refractivity contribution in [2.24, 2.45) is 0 Å². The average Bonchev–Trinajstić information content (AvgIpc) is 3.45. The van der Waals surface area contributed by atoms with Crippen LogP contribution in [0.25, 0.3) is 0 Å². The summed E-state index contributed by atoms with van der Waals surface area (Å²) in [4.78, 5) is 12.2. The van der Waals surface area contributed by atoms with Crippen LogP contribution >= 0.6 is 0 Å². The molecule has 0 saturated heterocycles. The van der Waals surface area contributed by atoms with Gasteiger partial charge in [-0.15, -0.1) is 0 Å². The molecule has 0 saturated carbocycles. The Kier molecular flexibility index (Phi) is 12.4. The van der Waals surface area contributed by atoms with Crippen LogP contribution < -0.4 is 29.2 Å². The highest BCUT2D eigenvalue weighted by molar-refractivity contribution is 5.92. The van der Waals surface area contributed by atoms with Crippen LogP contribution in [0.4, 0.5) is 73.9 Å². The topological polar surface area (TPSA) is 25.4 Å². The summed E-state index contributed by atoms with van der Waals surface area (Å²) in [5.41, 5.74) is 16.7. The number of para-hydroxylation sites is 7. The minimum absolute atomic E-state index is 0.845. The number of hydrogen-bond acceptors (Lipinski definition) is 6. The summed E-state index contributed by atoms with van der Waals surface area (Å²) in [7, 11) is 0. The first kappa shape index (κ1) is 44.2. The van der Waals surface area contributed by atoms with Gasteiger partial charge in [0.1, 0.15) is 11.5 Å². The van der Waals surface area contributed by atoms with Crippen LogP contribution in [0, 0.1) is 0 Å². The number of ether oxygens (including phenoxy) is 1. The quantitative estimate of drug-likeness (QED) is 0.108. The summed E-state index contributed by atoms with van der Waals surface area (Å²) in [5.74, 6) is 1.77. The Morgan fingerprint density at radius 3 is 1.03 bits per heavy atom. The predicted octanol–water partition coefficient (Wildman–Crippen LogP) is 18.1. The Morgan fingerprint density at radius 1 is 0.292 bits per heavy atom. The Labute approximate surface area is 423 Å². The molecule has 10 aromatic carbocycles. The Morgan fingerprint density at radius 2 is 0.611 bits per heavy atom. The summed E-state index contributed by atoms with van der Waals surface area (Å²) in [6, 6.07) is 93.0. The second-order valence-corrected chi connectivity index (χ2v) is 18.4. The van der Waals surface area contributed by atoms with E-state index in [9.17, 15) is 0 Å². The smallest absolute Gasteiger partial charge is 0.134 e. The fourth-order valence-corrected chi connectivity index (χ4v) is 10.7. The van der Waals surface area contributed by atoms with Gasteiger partial charge in [-0.3, -0.25) is 0 Å². The van der Waals surface area contributed by atoms with E-state index in [4.69, 9.17) is 4.74 Å². The zero-order valence-electron chi connectivity index (χ0n) is 40.2. The van der Waals surface area contributed by atoms with Gasteiger partial charge in [-0.25, -0.2) is 0 Å². The van der Waals surface area contributed by atoms with E-state index in [0.717, 1.165) is 119 Å². The van der Waals surface area contributed by atoms with Gasteiger partial charge in [-0.2, -0.15) is 0 Å². The van der Waals surface area contributed by atoms with Gasteiger partial charge in [0.2, 0.25) is 0 Å². The average molecular weight is 934 g/mol. The normalized spacial score (nSPS) is 12.6. The van der Waals surface area contributed by atoms with Crippen molar-refractivity contribution >= 4 is 73.9 Å². The van der Waals surface area contributed by atoms with Crippen LogP contribution in [-0.2, 0) is 12.8 Å². The third kappa shape index (κ3) is 8.91. The predicted molar refractivity (Wildman–Crippen MR) is 301 cm³/mol. The van der Waals surface area contributed by atoms with Gasteiger partial charge in [0.05, 0.1) is 22.7 Å². The molecule has 350 valence electrons. The number of benzene rings is 10. The Bertz CT molecular complexity index is 3210. The lowest BCUT2D eigenvalue weighted by Gasteiger charge is -2.40. The Hall–Kier alpha value is -9.00. The molecule has 0 atom stereocenters. The highest BCUT2D eigenvalue weighted by atomic mass is 16.5. The third-order valence-electron chi connectivity index (χ3n) is 13.8. The van der Waals surface area contributed by atoms with Crippen LogP contribution in [0.1, 0.15) is 24.0 Å². The van der Waals surface area contributed by atoms with Crippen LogP contribution in [0.5, 0.6) is 11.5 Å². The maximum Gasteiger partial charge on any atom is 0.134 e. The maximum absolute atomic E-state index is 6.91. The third-order valence-corrected chi connectivity index (χ3v) is 13.8. The molecule has 0 bridgehead atoms. The fourth-order valence-electron chi connectivity index (χ4n) is 10.7. The number of anilines is 13. The lowest BCUT2D eigenvalue weighted by molar-refractivity contribution is 0.471. The van der Waals surface area contributed by atoms with Crippen LogP contribution in [0.2, 0.25) is 0 Å². The molecule has 0 aromatic heterocycles. The molecular weight excluding hydrogens is 879 g/mol. The molecule has 72 heavy (non-hydrogen) atoms. The van der Waals surface area contributed by atoms with Crippen molar-refractivity contribution in [1.29, 1.82) is 0 Å². The van der Waals surface area contributed by atoms with E-state index in [1.165, 1.54) is 16.8 Å². The van der Waals surface area contributed by atoms with Gasteiger partial charge in [0.25, 0.3) is 0 Å². The van der Waals surface area contributed by atoms with Crippen molar-refractivity contribution in [2.45, 2.75) is 25.7 Å². The number of rotatable bonds is 14. The molecule has 0 amide bonds. The molecule has 0 radical (unpaired) electrons. The largest absolute Gasteiger partial charge is 0.457 e. The summed E-state index contributed by atoms with van der Waals surface area (Å²) in [5, 5.41) is 0. The first-order valence-corrected chi connectivity index (χ1v) is 25.2. The van der Waals surface area contributed by atoms with Crippen molar-refractivity contribution in [3.05, 3.63) is 272 Å². The SMILES string of the molecule is c1ccc(Oc2cc(N(c3ccccc3)c3cccc(N(c4ccccc4)c4cc(N(c5ccccc5)c5ccccc5)cc(N(c5ccccc5)c5ccccc5)c4)c3)c3c4c2CCCN4CCC3)cc1. The van der Waals surface area contributed by atoms with Crippen molar-refractivity contribution in [3.63, 3.8) is 0 Å². The highest BCUT2D eigenvalue weighted by Crippen LogP contribution is 2.51. The minimum Gasteiger partial charge on any atom is -0.457 e. The van der Waals surface area contributed by atoms with E-state index in [0.29, 0.717) is 0 Å². The molecule has 0 unspecified atom stereocenters. The van der Waals surface area contributed by atoms with Crippen LogP contribution in [0.15, 0.2) is 261 Å². The standard InChI is InChI=1S/C66H55N5O/c1-8-25-50(26-9-1)68(51-27-10-2-11-28-51)58-46-59(69(52-29-12-3-13-30-52)53-31-14-4-15-32-53)48-60(47-58)70(54-33-16-5-17-34-54)56-37-22-38-57(45-56)71(55-35-18-6-19-36-55)64-49-65(72-61-39-20-7-21-40-61)63-42-24-44-67-43-23-41-62(64)66(63)67/h1-22,25-40,45-49H,23-24,41-44H2. The molecule has 0 aliphatic carbocycles. The summed E-state index contributed by atoms with van der Waals surface area (Å²) < 4.78 is 6.91.